The Morgan fingerprint density at radius 1 is 0.633 bits per heavy atom. The Balaban J connectivity index is 1.26. The zero-order valence-electron chi connectivity index (χ0n) is 26.8. The monoisotopic (exact) mass is 652 g/mol. The van der Waals surface area contributed by atoms with Crippen LogP contribution in [0.25, 0.3) is 33.0 Å². The zero-order chi connectivity index (χ0) is 33.2. The van der Waals surface area contributed by atoms with Gasteiger partial charge in [0.15, 0.2) is 29.6 Å². The van der Waals surface area contributed by atoms with E-state index in [0.29, 0.717) is 36.0 Å². The molecular weight excluding hydrogens is 620 g/mol. The average Bonchev–Trinajstić information content (AvgIpc) is 3.83. The van der Waals surface area contributed by atoms with Crippen LogP contribution in [0.3, 0.4) is 0 Å². The fourth-order valence-electron chi connectivity index (χ4n) is 6.26. The lowest BCUT2D eigenvalue weighted by molar-refractivity contribution is -0.142. The highest BCUT2D eigenvalue weighted by Gasteiger charge is 2.21. The second-order valence-electron chi connectivity index (χ2n) is 11.7. The molecule has 6 aromatic carbocycles. The minimum Gasteiger partial charge on any atom is -0.488 e. The molecule has 0 unspecified atom stereocenters. The first kappa shape index (κ1) is 30.2. The molecule has 0 atom stereocenters. The predicted molar refractivity (Wildman–Crippen MR) is 185 cm³/mol. The van der Waals surface area contributed by atoms with Gasteiger partial charge in [0, 0.05) is 17.5 Å². The molecule has 0 radical (unpaired) electrons. The van der Waals surface area contributed by atoms with Crippen LogP contribution in [0, 0.1) is 0 Å². The molecule has 0 saturated heterocycles. The standard InChI is InChI=1S/C41H32O8/c1-43-41(42)23-45-35-14-11-28-17-33(30-13-16-37-40(20-30)49-25-47-37)38(44-22-26-7-3-2-4-8-26)21-32(28)34(35)18-27-9-5-6-10-31(27)29-12-15-36-39(19-29)48-24-46-36/h2-17,19-21H,18,22-25H2,1H3. The molecule has 0 N–H and O–H groups in total. The van der Waals surface area contributed by atoms with Crippen molar-refractivity contribution in [3.05, 3.63) is 132 Å². The fourth-order valence-corrected chi connectivity index (χ4v) is 6.26. The summed E-state index contributed by atoms with van der Waals surface area (Å²) in [6, 6.07) is 38.3. The Bertz CT molecular complexity index is 2180. The van der Waals surface area contributed by atoms with Crippen molar-refractivity contribution < 1.29 is 38.0 Å². The van der Waals surface area contributed by atoms with Crippen LogP contribution in [0.4, 0.5) is 0 Å². The van der Waals surface area contributed by atoms with Gasteiger partial charge in [-0.25, -0.2) is 4.79 Å². The molecule has 0 fully saturated rings. The van der Waals surface area contributed by atoms with Crippen molar-refractivity contribution in [1.82, 2.24) is 0 Å². The summed E-state index contributed by atoms with van der Waals surface area (Å²) in [5, 5.41) is 1.93. The predicted octanol–water partition coefficient (Wildman–Crippen LogP) is 8.35. The van der Waals surface area contributed by atoms with Crippen LogP contribution in [0.1, 0.15) is 16.7 Å². The smallest absolute Gasteiger partial charge is 0.343 e. The first-order valence-corrected chi connectivity index (χ1v) is 16.0. The number of carbonyl (C=O) groups is 1. The van der Waals surface area contributed by atoms with Gasteiger partial charge < -0.3 is 33.2 Å². The molecule has 0 saturated carbocycles. The highest BCUT2D eigenvalue weighted by molar-refractivity contribution is 5.95. The van der Waals surface area contributed by atoms with Crippen molar-refractivity contribution in [2.45, 2.75) is 13.0 Å². The Morgan fingerprint density at radius 2 is 1.31 bits per heavy atom. The Morgan fingerprint density at radius 3 is 2.04 bits per heavy atom. The van der Waals surface area contributed by atoms with E-state index in [1.807, 2.05) is 91.0 Å². The summed E-state index contributed by atoms with van der Waals surface area (Å²) in [6.45, 7) is 0.565. The van der Waals surface area contributed by atoms with Gasteiger partial charge in [-0.1, -0.05) is 72.8 Å². The van der Waals surface area contributed by atoms with Crippen molar-refractivity contribution in [2.24, 2.45) is 0 Å². The molecule has 2 aliphatic heterocycles. The molecule has 0 spiro atoms. The van der Waals surface area contributed by atoms with Crippen LogP contribution in [-0.4, -0.2) is 33.3 Å². The Labute approximate surface area is 283 Å². The number of hydrogen-bond acceptors (Lipinski definition) is 8. The van der Waals surface area contributed by atoms with Crippen LogP contribution in [0.5, 0.6) is 34.5 Å². The first-order chi connectivity index (χ1) is 24.1. The van der Waals surface area contributed by atoms with Crippen LogP contribution in [0.15, 0.2) is 115 Å². The summed E-state index contributed by atoms with van der Waals surface area (Å²) in [7, 11) is 1.35. The summed E-state index contributed by atoms with van der Waals surface area (Å²) in [5.41, 5.74) is 6.95. The van der Waals surface area contributed by atoms with Gasteiger partial charge in [-0.2, -0.15) is 0 Å². The van der Waals surface area contributed by atoms with E-state index >= 15 is 0 Å². The lowest BCUT2D eigenvalue weighted by Crippen LogP contribution is -2.13. The van der Waals surface area contributed by atoms with Crippen LogP contribution >= 0.6 is 0 Å². The van der Waals surface area contributed by atoms with Crippen molar-refractivity contribution in [3.63, 3.8) is 0 Å². The molecule has 8 heteroatoms. The number of carbonyl (C=O) groups excluding carboxylic acids is 1. The Hall–Kier alpha value is -6.15. The van der Waals surface area contributed by atoms with Crippen LogP contribution in [0.2, 0.25) is 0 Å². The lowest BCUT2D eigenvalue weighted by Gasteiger charge is -2.19. The highest BCUT2D eigenvalue weighted by Crippen LogP contribution is 2.43. The summed E-state index contributed by atoms with van der Waals surface area (Å²) < 4.78 is 40.1. The van der Waals surface area contributed by atoms with Gasteiger partial charge in [0.25, 0.3) is 0 Å². The second kappa shape index (κ2) is 13.2. The van der Waals surface area contributed by atoms with Gasteiger partial charge in [0.05, 0.1) is 7.11 Å². The van der Waals surface area contributed by atoms with E-state index in [4.69, 9.17) is 33.2 Å². The largest absolute Gasteiger partial charge is 0.488 e. The number of hydrogen-bond donors (Lipinski definition) is 0. The minimum absolute atomic E-state index is 0.194. The first-order valence-electron chi connectivity index (χ1n) is 16.0. The van der Waals surface area contributed by atoms with E-state index in [0.717, 1.165) is 61.2 Å². The van der Waals surface area contributed by atoms with E-state index in [9.17, 15) is 4.79 Å². The van der Waals surface area contributed by atoms with Crippen molar-refractivity contribution in [2.75, 3.05) is 27.3 Å². The van der Waals surface area contributed by atoms with Gasteiger partial charge in [0.1, 0.15) is 18.1 Å². The zero-order valence-corrected chi connectivity index (χ0v) is 26.8. The van der Waals surface area contributed by atoms with Crippen molar-refractivity contribution >= 4 is 16.7 Å². The number of ether oxygens (including phenoxy) is 7. The van der Waals surface area contributed by atoms with E-state index in [1.54, 1.807) is 0 Å². The topological polar surface area (TPSA) is 81.7 Å². The van der Waals surface area contributed by atoms with Crippen molar-refractivity contribution in [3.8, 4) is 56.8 Å². The van der Waals surface area contributed by atoms with Gasteiger partial charge >= 0.3 is 5.97 Å². The third-order valence-electron chi connectivity index (χ3n) is 8.75. The molecular formula is C41H32O8. The molecule has 244 valence electrons. The quantitative estimate of drug-likeness (QED) is 0.137. The molecule has 2 heterocycles. The molecule has 0 amide bonds. The minimum atomic E-state index is -0.461. The summed E-state index contributed by atoms with van der Waals surface area (Å²) in [5.74, 6) is 3.68. The Kier molecular flexibility index (Phi) is 8.11. The van der Waals surface area contributed by atoms with E-state index < -0.39 is 5.97 Å². The molecule has 2 aliphatic rings. The van der Waals surface area contributed by atoms with E-state index in [1.165, 1.54) is 7.11 Å². The number of benzene rings is 6. The molecule has 8 nitrogen and oxygen atoms in total. The SMILES string of the molecule is COC(=O)COc1ccc2cc(-c3ccc4c(c3)OCO4)c(OCc3ccccc3)cc2c1Cc1ccccc1-c1ccc2c(c1)OCO2. The molecule has 6 aromatic rings. The average molecular weight is 653 g/mol. The van der Waals surface area contributed by atoms with Crippen LogP contribution < -0.4 is 28.4 Å². The molecule has 49 heavy (non-hydrogen) atoms. The molecule has 8 rings (SSSR count). The summed E-state index contributed by atoms with van der Waals surface area (Å²) in [6.07, 6.45) is 0.514. The number of rotatable bonds is 10. The summed E-state index contributed by atoms with van der Waals surface area (Å²) in [4.78, 5) is 12.2. The van der Waals surface area contributed by atoms with Gasteiger partial charge in [-0.05, 0) is 81.1 Å². The molecule has 0 aliphatic carbocycles. The van der Waals surface area contributed by atoms with Crippen LogP contribution in [-0.2, 0) is 22.6 Å². The van der Waals surface area contributed by atoms with Gasteiger partial charge in [-0.15, -0.1) is 0 Å². The van der Waals surface area contributed by atoms with Crippen molar-refractivity contribution in [1.29, 1.82) is 0 Å². The summed E-state index contributed by atoms with van der Waals surface area (Å²) >= 11 is 0. The second-order valence-corrected chi connectivity index (χ2v) is 11.7. The molecule has 0 aromatic heterocycles. The third kappa shape index (κ3) is 6.16. The maximum absolute atomic E-state index is 12.2. The molecule has 0 bridgehead atoms. The lowest BCUT2D eigenvalue weighted by atomic mass is 9.90. The third-order valence-corrected chi connectivity index (χ3v) is 8.75. The van der Waals surface area contributed by atoms with E-state index in [2.05, 4.69) is 24.3 Å². The highest BCUT2D eigenvalue weighted by atomic mass is 16.7. The van der Waals surface area contributed by atoms with Gasteiger partial charge in [-0.3, -0.25) is 0 Å². The normalized spacial score (nSPS) is 12.6. The van der Waals surface area contributed by atoms with Gasteiger partial charge in [0.2, 0.25) is 13.6 Å². The number of fused-ring (bicyclic) bond motifs is 3. The maximum Gasteiger partial charge on any atom is 0.343 e. The number of esters is 1. The number of methoxy groups -OCH3 is 1. The van der Waals surface area contributed by atoms with E-state index in [-0.39, 0.29) is 20.2 Å². The fraction of sp³-hybridized carbons (Fsp3) is 0.146. The maximum atomic E-state index is 12.2.